The summed E-state index contributed by atoms with van der Waals surface area (Å²) in [6.45, 7) is 3.54. The van der Waals surface area contributed by atoms with Crippen LogP contribution in [0, 0.1) is 0 Å². The number of rotatable bonds is 7. The molecule has 1 aliphatic rings. The molecule has 0 unspecified atom stereocenters. The van der Waals surface area contributed by atoms with Crippen molar-refractivity contribution >= 4 is 11.8 Å². The van der Waals surface area contributed by atoms with Crippen molar-refractivity contribution in [2.45, 2.75) is 37.2 Å². The van der Waals surface area contributed by atoms with Crippen molar-refractivity contribution in [2.75, 3.05) is 12.3 Å². The Balaban J connectivity index is 1.61. The number of hydrogen-bond acceptors (Lipinski definition) is 4. The van der Waals surface area contributed by atoms with Gasteiger partial charge >= 0.3 is 0 Å². The molecule has 118 valence electrons. The van der Waals surface area contributed by atoms with E-state index in [0.717, 1.165) is 30.8 Å². The van der Waals surface area contributed by atoms with E-state index in [9.17, 15) is 5.11 Å². The summed E-state index contributed by atoms with van der Waals surface area (Å²) >= 11 is 1.87. The number of aliphatic hydroxyl groups is 1. The second-order valence-electron chi connectivity index (χ2n) is 5.77. The Morgan fingerprint density at radius 2 is 2.27 bits per heavy atom. The van der Waals surface area contributed by atoms with Gasteiger partial charge in [-0.1, -0.05) is 25.1 Å². The van der Waals surface area contributed by atoms with E-state index < -0.39 is 5.60 Å². The molecule has 0 saturated heterocycles. The zero-order chi connectivity index (χ0) is 15.4. The molecule has 0 aliphatic heterocycles. The first-order valence-electron chi connectivity index (χ1n) is 7.85. The first-order valence-corrected chi connectivity index (χ1v) is 8.90. The van der Waals surface area contributed by atoms with Crippen molar-refractivity contribution in [1.82, 2.24) is 15.1 Å². The average Bonchev–Trinajstić information content (AvgIpc) is 3.06. The van der Waals surface area contributed by atoms with E-state index in [0.29, 0.717) is 11.8 Å². The van der Waals surface area contributed by atoms with Crippen LogP contribution in [-0.2, 0) is 6.54 Å². The molecule has 1 saturated carbocycles. The highest BCUT2D eigenvalue weighted by Gasteiger charge is 2.44. The molecule has 1 aromatic carbocycles. The molecule has 1 heterocycles. The van der Waals surface area contributed by atoms with Gasteiger partial charge in [-0.2, -0.15) is 16.9 Å². The molecule has 5 heteroatoms. The fraction of sp³-hybridized carbons (Fsp3) is 0.471. The molecule has 3 rings (SSSR count). The molecular formula is C17H23N3OS. The summed E-state index contributed by atoms with van der Waals surface area (Å²) in [4.78, 5) is 0. The first-order chi connectivity index (χ1) is 10.7. The third-order valence-electron chi connectivity index (χ3n) is 4.30. The van der Waals surface area contributed by atoms with E-state index in [4.69, 9.17) is 0 Å². The van der Waals surface area contributed by atoms with Gasteiger partial charge in [0.1, 0.15) is 0 Å². The fourth-order valence-electron chi connectivity index (χ4n) is 2.95. The monoisotopic (exact) mass is 317 g/mol. The highest BCUT2D eigenvalue weighted by atomic mass is 32.2. The second kappa shape index (κ2) is 6.86. The summed E-state index contributed by atoms with van der Waals surface area (Å²) in [6.07, 6.45) is 5.76. The van der Waals surface area contributed by atoms with Crippen LogP contribution in [0.3, 0.4) is 0 Å². The highest BCUT2D eigenvalue weighted by molar-refractivity contribution is 8.00. The maximum atomic E-state index is 10.6. The standard InChI is InChI=1S/C17H23N3OS/c1-2-22-16-8-9-17(16,21)13-18-12-14-6-3-4-7-15(14)20-11-5-10-19-20/h3-7,10-11,16,18,21H,2,8-9,12-13H2,1H3/t16-,17+/m0/s1. The van der Waals surface area contributed by atoms with Gasteiger partial charge in [0, 0.05) is 30.7 Å². The summed E-state index contributed by atoms with van der Waals surface area (Å²) in [6, 6.07) is 10.2. The normalized spacial score (nSPS) is 24.2. The Morgan fingerprint density at radius 3 is 2.95 bits per heavy atom. The lowest BCUT2D eigenvalue weighted by Crippen LogP contribution is -2.56. The van der Waals surface area contributed by atoms with E-state index in [1.54, 1.807) is 6.20 Å². The summed E-state index contributed by atoms with van der Waals surface area (Å²) in [5.74, 6) is 1.06. The molecule has 0 spiro atoms. The minimum Gasteiger partial charge on any atom is -0.387 e. The fourth-order valence-corrected chi connectivity index (χ4v) is 4.14. The van der Waals surface area contributed by atoms with E-state index in [1.807, 2.05) is 40.8 Å². The minimum atomic E-state index is -0.540. The van der Waals surface area contributed by atoms with Crippen LogP contribution >= 0.6 is 11.8 Å². The predicted octanol–water partition coefficient (Wildman–Crippen LogP) is 2.61. The number of thioether (sulfide) groups is 1. The van der Waals surface area contributed by atoms with Crippen LogP contribution in [0.25, 0.3) is 5.69 Å². The number of para-hydroxylation sites is 1. The Kier molecular flexibility index (Phi) is 4.86. The molecule has 4 nitrogen and oxygen atoms in total. The topological polar surface area (TPSA) is 50.1 Å². The van der Waals surface area contributed by atoms with Crippen LogP contribution in [0.1, 0.15) is 25.3 Å². The number of nitrogens with zero attached hydrogens (tertiary/aromatic N) is 2. The smallest absolute Gasteiger partial charge is 0.0889 e. The third kappa shape index (κ3) is 3.21. The van der Waals surface area contributed by atoms with Gasteiger partial charge in [-0.3, -0.25) is 0 Å². The van der Waals surface area contributed by atoms with E-state index >= 15 is 0 Å². The Morgan fingerprint density at radius 1 is 1.41 bits per heavy atom. The van der Waals surface area contributed by atoms with Crippen molar-refractivity contribution in [1.29, 1.82) is 0 Å². The second-order valence-corrected chi connectivity index (χ2v) is 7.25. The molecule has 1 aromatic heterocycles. The summed E-state index contributed by atoms with van der Waals surface area (Å²) < 4.78 is 1.88. The average molecular weight is 317 g/mol. The van der Waals surface area contributed by atoms with Gasteiger partial charge in [-0.05, 0) is 36.3 Å². The lowest BCUT2D eigenvalue weighted by atomic mass is 9.79. The van der Waals surface area contributed by atoms with Crippen molar-refractivity contribution in [3.05, 3.63) is 48.3 Å². The molecule has 1 fully saturated rings. The third-order valence-corrected chi connectivity index (χ3v) is 5.71. The zero-order valence-electron chi connectivity index (χ0n) is 12.9. The van der Waals surface area contributed by atoms with Crippen LogP contribution in [0.5, 0.6) is 0 Å². The molecule has 0 radical (unpaired) electrons. The van der Waals surface area contributed by atoms with Crippen molar-refractivity contribution in [3.63, 3.8) is 0 Å². The quantitative estimate of drug-likeness (QED) is 0.824. The lowest BCUT2D eigenvalue weighted by Gasteiger charge is -2.45. The number of benzene rings is 1. The molecule has 2 N–H and O–H groups in total. The Bertz CT molecular complexity index is 602. The summed E-state index contributed by atoms with van der Waals surface area (Å²) in [5.41, 5.74) is 1.73. The molecule has 2 aromatic rings. The van der Waals surface area contributed by atoms with Gasteiger partial charge in [0.25, 0.3) is 0 Å². The van der Waals surface area contributed by atoms with Crippen LogP contribution in [-0.4, -0.2) is 38.0 Å². The number of hydrogen-bond donors (Lipinski definition) is 2. The predicted molar refractivity (Wildman–Crippen MR) is 91.4 cm³/mol. The van der Waals surface area contributed by atoms with Crippen LogP contribution < -0.4 is 5.32 Å². The van der Waals surface area contributed by atoms with Crippen molar-refractivity contribution in [2.24, 2.45) is 0 Å². The summed E-state index contributed by atoms with van der Waals surface area (Å²) in [7, 11) is 0. The Hall–Kier alpha value is -1.30. The van der Waals surface area contributed by atoms with Gasteiger partial charge in [0.05, 0.1) is 11.3 Å². The van der Waals surface area contributed by atoms with Gasteiger partial charge in [-0.25, -0.2) is 4.68 Å². The lowest BCUT2D eigenvalue weighted by molar-refractivity contribution is -0.0234. The maximum absolute atomic E-state index is 10.6. The van der Waals surface area contributed by atoms with Crippen molar-refractivity contribution in [3.8, 4) is 5.69 Å². The highest BCUT2D eigenvalue weighted by Crippen LogP contribution is 2.40. The van der Waals surface area contributed by atoms with Crippen LogP contribution in [0.4, 0.5) is 0 Å². The van der Waals surface area contributed by atoms with Crippen molar-refractivity contribution < 1.29 is 5.11 Å². The zero-order valence-corrected chi connectivity index (χ0v) is 13.7. The molecule has 1 aliphatic carbocycles. The minimum absolute atomic E-state index is 0.381. The van der Waals surface area contributed by atoms with Gasteiger partial charge < -0.3 is 10.4 Å². The maximum Gasteiger partial charge on any atom is 0.0889 e. The Labute approximate surface area is 135 Å². The summed E-state index contributed by atoms with van der Waals surface area (Å²) in [5, 5.41) is 18.7. The largest absolute Gasteiger partial charge is 0.387 e. The number of nitrogens with one attached hydrogen (secondary N) is 1. The number of aromatic nitrogens is 2. The first kappa shape index (κ1) is 15.6. The van der Waals surface area contributed by atoms with Crippen LogP contribution in [0.2, 0.25) is 0 Å². The molecule has 2 atom stereocenters. The van der Waals surface area contributed by atoms with E-state index in [2.05, 4.69) is 29.5 Å². The van der Waals surface area contributed by atoms with E-state index in [-0.39, 0.29) is 0 Å². The van der Waals surface area contributed by atoms with E-state index in [1.165, 1.54) is 5.56 Å². The molecule has 0 bridgehead atoms. The molecular weight excluding hydrogens is 294 g/mol. The van der Waals surface area contributed by atoms with Crippen LogP contribution in [0.15, 0.2) is 42.7 Å². The molecule has 22 heavy (non-hydrogen) atoms. The van der Waals surface area contributed by atoms with Gasteiger partial charge in [0.2, 0.25) is 0 Å². The van der Waals surface area contributed by atoms with Gasteiger partial charge in [-0.15, -0.1) is 0 Å². The van der Waals surface area contributed by atoms with Gasteiger partial charge in [0.15, 0.2) is 0 Å². The SMILES string of the molecule is CCS[C@H]1CC[C@@]1(O)CNCc1ccccc1-n1cccn1. The molecule has 0 amide bonds.